The summed E-state index contributed by atoms with van der Waals surface area (Å²) in [7, 11) is 0. The van der Waals surface area contributed by atoms with Gasteiger partial charge in [0, 0.05) is 30.6 Å². The Morgan fingerprint density at radius 2 is 2.15 bits per heavy atom. The first-order chi connectivity index (χ1) is 13.1. The Morgan fingerprint density at radius 3 is 2.93 bits per heavy atom. The van der Waals surface area contributed by atoms with Crippen LogP contribution < -0.4 is 5.32 Å². The Labute approximate surface area is 160 Å². The Kier molecular flexibility index (Phi) is 4.72. The predicted molar refractivity (Wildman–Crippen MR) is 103 cm³/mol. The summed E-state index contributed by atoms with van der Waals surface area (Å²) in [5.41, 5.74) is 3.33. The molecule has 1 aromatic carbocycles. The van der Waals surface area contributed by atoms with Gasteiger partial charge in [-0.25, -0.2) is 4.68 Å². The number of carbonyl (C=O) groups is 2. The lowest BCUT2D eigenvalue weighted by atomic mass is 9.97. The van der Waals surface area contributed by atoms with Crippen LogP contribution in [0.1, 0.15) is 33.4 Å². The van der Waals surface area contributed by atoms with E-state index in [1.807, 2.05) is 35.7 Å². The SMILES string of the molecule is CC(=O)Nc1cccc2c1CCN(C(=O)c1cn(Cc3cccs3)nn1)C2. The smallest absolute Gasteiger partial charge is 0.276 e. The second-order valence-corrected chi connectivity index (χ2v) is 7.51. The molecule has 1 aliphatic heterocycles. The summed E-state index contributed by atoms with van der Waals surface area (Å²) in [4.78, 5) is 27.2. The maximum Gasteiger partial charge on any atom is 0.276 e. The zero-order chi connectivity index (χ0) is 18.8. The van der Waals surface area contributed by atoms with Gasteiger partial charge in [0.2, 0.25) is 5.91 Å². The number of hydrogen-bond acceptors (Lipinski definition) is 5. The van der Waals surface area contributed by atoms with Crippen LogP contribution in [0.4, 0.5) is 5.69 Å². The van der Waals surface area contributed by atoms with Crippen molar-refractivity contribution in [2.75, 3.05) is 11.9 Å². The zero-order valence-electron chi connectivity index (χ0n) is 14.9. The number of nitrogens with one attached hydrogen (secondary N) is 1. The number of fused-ring (bicyclic) bond motifs is 1. The number of hydrogen-bond donors (Lipinski definition) is 1. The van der Waals surface area contributed by atoms with E-state index < -0.39 is 0 Å². The molecule has 3 heterocycles. The van der Waals surface area contributed by atoms with Crippen LogP contribution in [0.25, 0.3) is 0 Å². The highest BCUT2D eigenvalue weighted by Crippen LogP contribution is 2.27. The van der Waals surface area contributed by atoms with Gasteiger partial charge in [0.15, 0.2) is 5.69 Å². The lowest BCUT2D eigenvalue weighted by molar-refractivity contribution is -0.114. The monoisotopic (exact) mass is 381 g/mol. The van der Waals surface area contributed by atoms with Crippen LogP contribution in [0.3, 0.4) is 0 Å². The Hall–Kier alpha value is -3.00. The van der Waals surface area contributed by atoms with E-state index in [9.17, 15) is 9.59 Å². The quantitative estimate of drug-likeness (QED) is 0.753. The summed E-state index contributed by atoms with van der Waals surface area (Å²) in [6.45, 7) is 3.19. The standard InChI is InChI=1S/C19H19N5O2S/c1-13(25)20-17-6-2-4-14-10-23(8-7-16(14)17)19(26)18-12-24(22-21-18)11-15-5-3-9-27-15/h2-6,9,12H,7-8,10-11H2,1H3,(H,20,25). The number of nitrogens with zero attached hydrogens (tertiary/aromatic N) is 4. The van der Waals surface area contributed by atoms with E-state index in [-0.39, 0.29) is 11.8 Å². The fraction of sp³-hybridized carbons (Fsp3) is 0.263. The summed E-state index contributed by atoms with van der Waals surface area (Å²) in [5.74, 6) is -0.215. The number of aromatic nitrogens is 3. The number of benzene rings is 1. The maximum absolute atomic E-state index is 12.8. The van der Waals surface area contributed by atoms with Crippen molar-refractivity contribution in [3.05, 3.63) is 63.6 Å². The van der Waals surface area contributed by atoms with Crippen LogP contribution in [0.2, 0.25) is 0 Å². The third-order valence-corrected chi connectivity index (χ3v) is 5.38. The lowest BCUT2D eigenvalue weighted by Gasteiger charge is -2.29. The molecule has 3 aromatic rings. The van der Waals surface area contributed by atoms with E-state index in [0.717, 1.165) is 21.7 Å². The molecule has 1 N–H and O–H groups in total. The number of anilines is 1. The molecule has 0 radical (unpaired) electrons. The van der Waals surface area contributed by atoms with Crippen LogP contribution in [-0.4, -0.2) is 38.3 Å². The summed E-state index contributed by atoms with van der Waals surface area (Å²) < 4.78 is 1.69. The molecule has 7 nitrogen and oxygen atoms in total. The van der Waals surface area contributed by atoms with Gasteiger partial charge in [0.1, 0.15) is 0 Å². The molecule has 0 bridgehead atoms. The minimum atomic E-state index is -0.122. The molecule has 0 fully saturated rings. The van der Waals surface area contributed by atoms with Crippen molar-refractivity contribution >= 4 is 28.8 Å². The fourth-order valence-corrected chi connectivity index (χ4v) is 3.98. The molecule has 8 heteroatoms. The zero-order valence-corrected chi connectivity index (χ0v) is 15.7. The normalized spacial score (nSPS) is 13.3. The van der Waals surface area contributed by atoms with E-state index in [2.05, 4.69) is 15.6 Å². The van der Waals surface area contributed by atoms with Crippen LogP contribution in [0.15, 0.2) is 41.9 Å². The molecule has 1 aliphatic rings. The Balaban J connectivity index is 1.48. The molecule has 4 rings (SSSR count). The molecule has 0 aliphatic carbocycles. The molecular formula is C19H19N5O2S. The number of amides is 2. The first kappa shape index (κ1) is 17.4. The second-order valence-electron chi connectivity index (χ2n) is 6.48. The minimum absolute atomic E-state index is 0.0933. The van der Waals surface area contributed by atoms with Crippen LogP contribution >= 0.6 is 11.3 Å². The average Bonchev–Trinajstić information content (AvgIpc) is 3.33. The van der Waals surface area contributed by atoms with Gasteiger partial charge in [-0.3, -0.25) is 9.59 Å². The molecular weight excluding hydrogens is 362 g/mol. The summed E-state index contributed by atoms with van der Waals surface area (Å²) in [6.07, 6.45) is 2.39. The van der Waals surface area contributed by atoms with Crippen LogP contribution in [0.5, 0.6) is 0 Å². The fourth-order valence-electron chi connectivity index (χ4n) is 3.29. The van der Waals surface area contributed by atoms with Crippen LogP contribution in [0, 0.1) is 0 Å². The topological polar surface area (TPSA) is 80.1 Å². The van der Waals surface area contributed by atoms with Crippen molar-refractivity contribution in [3.8, 4) is 0 Å². The van der Waals surface area contributed by atoms with Crippen molar-refractivity contribution in [2.24, 2.45) is 0 Å². The molecule has 0 unspecified atom stereocenters. The average molecular weight is 381 g/mol. The minimum Gasteiger partial charge on any atom is -0.333 e. The van der Waals surface area contributed by atoms with Gasteiger partial charge in [-0.1, -0.05) is 23.4 Å². The van der Waals surface area contributed by atoms with E-state index in [1.165, 1.54) is 6.92 Å². The second kappa shape index (κ2) is 7.32. The summed E-state index contributed by atoms with van der Waals surface area (Å²) >= 11 is 1.65. The third kappa shape index (κ3) is 3.75. The number of carbonyl (C=O) groups excluding carboxylic acids is 2. The van der Waals surface area contributed by atoms with Gasteiger partial charge in [-0.05, 0) is 35.1 Å². The molecule has 0 atom stereocenters. The Bertz CT molecular complexity index is 980. The maximum atomic E-state index is 12.8. The van der Waals surface area contributed by atoms with Gasteiger partial charge in [-0.15, -0.1) is 16.4 Å². The Morgan fingerprint density at radius 1 is 1.26 bits per heavy atom. The first-order valence-corrected chi connectivity index (χ1v) is 9.58. The van der Waals surface area contributed by atoms with Crippen molar-refractivity contribution in [2.45, 2.75) is 26.4 Å². The molecule has 2 amide bonds. The molecule has 0 saturated heterocycles. The highest BCUT2D eigenvalue weighted by molar-refractivity contribution is 7.09. The van der Waals surface area contributed by atoms with E-state index in [1.54, 1.807) is 27.1 Å². The molecule has 2 aromatic heterocycles. The molecule has 0 spiro atoms. The van der Waals surface area contributed by atoms with Gasteiger partial charge < -0.3 is 10.2 Å². The van der Waals surface area contributed by atoms with Gasteiger partial charge in [0.05, 0.1) is 12.7 Å². The number of rotatable bonds is 4. The summed E-state index contributed by atoms with van der Waals surface area (Å²) in [6, 6.07) is 9.81. The van der Waals surface area contributed by atoms with Crippen molar-refractivity contribution < 1.29 is 9.59 Å². The van der Waals surface area contributed by atoms with Gasteiger partial charge in [0.25, 0.3) is 5.91 Å². The van der Waals surface area contributed by atoms with Crippen molar-refractivity contribution in [1.82, 2.24) is 19.9 Å². The largest absolute Gasteiger partial charge is 0.333 e. The van der Waals surface area contributed by atoms with Crippen molar-refractivity contribution in [3.63, 3.8) is 0 Å². The van der Waals surface area contributed by atoms with Crippen molar-refractivity contribution in [1.29, 1.82) is 0 Å². The molecule has 27 heavy (non-hydrogen) atoms. The van der Waals surface area contributed by atoms with E-state index >= 15 is 0 Å². The van der Waals surface area contributed by atoms with E-state index in [0.29, 0.717) is 31.7 Å². The van der Waals surface area contributed by atoms with Crippen LogP contribution in [-0.2, 0) is 24.3 Å². The first-order valence-electron chi connectivity index (χ1n) is 8.70. The number of thiophene rings is 1. The third-order valence-electron chi connectivity index (χ3n) is 4.52. The molecule has 138 valence electrons. The lowest BCUT2D eigenvalue weighted by Crippen LogP contribution is -2.36. The van der Waals surface area contributed by atoms with E-state index in [4.69, 9.17) is 0 Å². The summed E-state index contributed by atoms with van der Waals surface area (Å²) in [5, 5.41) is 13.0. The predicted octanol–water partition coefficient (Wildman–Crippen LogP) is 2.54. The highest BCUT2D eigenvalue weighted by atomic mass is 32.1. The highest BCUT2D eigenvalue weighted by Gasteiger charge is 2.25. The van der Waals surface area contributed by atoms with Gasteiger partial charge in [-0.2, -0.15) is 0 Å². The van der Waals surface area contributed by atoms with Gasteiger partial charge >= 0.3 is 0 Å². The molecule has 0 saturated carbocycles.